The molecule has 0 aliphatic rings. The highest BCUT2D eigenvalue weighted by molar-refractivity contribution is 6.04. The Labute approximate surface area is 155 Å². The molecule has 0 unspecified atom stereocenters. The lowest BCUT2D eigenvalue weighted by Gasteiger charge is -2.11. The van der Waals surface area contributed by atoms with Gasteiger partial charge in [0.25, 0.3) is 5.91 Å². The number of aryl methyl sites for hydroxylation is 2. The van der Waals surface area contributed by atoms with Gasteiger partial charge >= 0.3 is 0 Å². The van der Waals surface area contributed by atoms with Gasteiger partial charge in [0.15, 0.2) is 0 Å². The number of nitrogens with one attached hydrogen (secondary N) is 2. The fourth-order valence-corrected chi connectivity index (χ4v) is 2.89. The summed E-state index contributed by atoms with van der Waals surface area (Å²) >= 11 is 0. The Bertz CT molecular complexity index is 1140. The molecule has 2 N–H and O–H groups in total. The standard InChI is InChI=1S/C19H18N6O2/c1-11-7-8-13(18-22-12(2)27-24-18)9-14(11)23-19(26)15-10-21-17-6-4-5-16(20-3)25(15)17/h4-10,20H,1-3H3,(H,23,26). The summed E-state index contributed by atoms with van der Waals surface area (Å²) in [6, 6.07) is 11.3. The molecule has 4 rings (SSSR count). The number of amides is 1. The van der Waals surface area contributed by atoms with Crippen molar-refractivity contribution in [3.8, 4) is 11.4 Å². The number of carbonyl (C=O) groups excluding carboxylic acids is 1. The van der Waals surface area contributed by atoms with Crippen molar-refractivity contribution in [2.75, 3.05) is 17.7 Å². The lowest BCUT2D eigenvalue weighted by Crippen LogP contribution is -2.16. The predicted molar refractivity (Wildman–Crippen MR) is 102 cm³/mol. The van der Waals surface area contributed by atoms with Gasteiger partial charge in [0.1, 0.15) is 17.2 Å². The van der Waals surface area contributed by atoms with Crippen LogP contribution < -0.4 is 10.6 Å². The van der Waals surface area contributed by atoms with Crippen molar-refractivity contribution in [1.82, 2.24) is 19.5 Å². The van der Waals surface area contributed by atoms with Crippen molar-refractivity contribution in [3.63, 3.8) is 0 Å². The number of nitrogens with zero attached hydrogens (tertiary/aromatic N) is 4. The van der Waals surface area contributed by atoms with Crippen molar-refractivity contribution in [2.45, 2.75) is 13.8 Å². The van der Waals surface area contributed by atoms with Crippen LogP contribution in [0.1, 0.15) is 21.9 Å². The van der Waals surface area contributed by atoms with Gasteiger partial charge in [0.05, 0.1) is 6.20 Å². The molecule has 3 heterocycles. The quantitative estimate of drug-likeness (QED) is 0.578. The van der Waals surface area contributed by atoms with Crippen LogP contribution in [0, 0.1) is 13.8 Å². The van der Waals surface area contributed by atoms with E-state index < -0.39 is 0 Å². The fraction of sp³-hybridized carbons (Fsp3) is 0.158. The highest BCUT2D eigenvalue weighted by Gasteiger charge is 2.16. The van der Waals surface area contributed by atoms with Gasteiger partial charge in [-0.05, 0) is 30.7 Å². The molecule has 0 atom stereocenters. The van der Waals surface area contributed by atoms with Gasteiger partial charge in [-0.2, -0.15) is 4.98 Å². The third kappa shape index (κ3) is 3.01. The zero-order valence-corrected chi connectivity index (χ0v) is 15.1. The minimum atomic E-state index is -0.255. The van der Waals surface area contributed by atoms with Crippen LogP contribution in [0.5, 0.6) is 0 Å². The van der Waals surface area contributed by atoms with Crippen molar-refractivity contribution in [3.05, 3.63) is 59.7 Å². The molecule has 0 saturated heterocycles. The number of aromatic nitrogens is 4. The van der Waals surface area contributed by atoms with Crippen LogP contribution in [-0.2, 0) is 0 Å². The van der Waals surface area contributed by atoms with Gasteiger partial charge in [0.2, 0.25) is 11.7 Å². The fourth-order valence-electron chi connectivity index (χ4n) is 2.89. The molecule has 8 nitrogen and oxygen atoms in total. The van der Waals surface area contributed by atoms with E-state index in [1.165, 1.54) is 0 Å². The summed E-state index contributed by atoms with van der Waals surface area (Å²) in [5.41, 5.74) is 3.50. The van der Waals surface area contributed by atoms with E-state index in [2.05, 4.69) is 25.8 Å². The first-order chi connectivity index (χ1) is 13.1. The molecule has 0 spiro atoms. The van der Waals surface area contributed by atoms with Gasteiger partial charge in [0, 0.05) is 25.2 Å². The molecular formula is C19H18N6O2. The summed E-state index contributed by atoms with van der Waals surface area (Å²) < 4.78 is 6.81. The second kappa shape index (κ2) is 6.56. The van der Waals surface area contributed by atoms with Gasteiger partial charge in [-0.15, -0.1) is 0 Å². The number of anilines is 2. The van der Waals surface area contributed by atoms with E-state index in [0.29, 0.717) is 28.7 Å². The number of pyridine rings is 1. The third-order valence-corrected chi connectivity index (χ3v) is 4.29. The zero-order chi connectivity index (χ0) is 19.0. The molecule has 1 amide bonds. The number of benzene rings is 1. The topological polar surface area (TPSA) is 97.3 Å². The summed E-state index contributed by atoms with van der Waals surface area (Å²) in [6.45, 7) is 3.66. The Morgan fingerprint density at radius 1 is 1.19 bits per heavy atom. The lowest BCUT2D eigenvalue weighted by molar-refractivity contribution is 0.102. The number of carbonyl (C=O) groups is 1. The maximum atomic E-state index is 12.9. The van der Waals surface area contributed by atoms with Gasteiger partial charge in [-0.1, -0.05) is 23.4 Å². The summed E-state index contributed by atoms with van der Waals surface area (Å²) in [6.07, 6.45) is 1.56. The average molecular weight is 362 g/mol. The molecule has 0 aliphatic carbocycles. The first-order valence-corrected chi connectivity index (χ1v) is 8.43. The van der Waals surface area contributed by atoms with Crippen LogP contribution in [0.2, 0.25) is 0 Å². The van der Waals surface area contributed by atoms with Crippen molar-refractivity contribution >= 4 is 23.1 Å². The second-order valence-electron chi connectivity index (χ2n) is 6.12. The molecular weight excluding hydrogens is 344 g/mol. The molecule has 0 aliphatic heterocycles. The third-order valence-electron chi connectivity index (χ3n) is 4.29. The molecule has 8 heteroatoms. The van der Waals surface area contributed by atoms with Gasteiger partial charge in [-0.3, -0.25) is 9.20 Å². The zero-order valence-electron chi connectivity index (χ0n) is 15.1. The van der Waals surface area contributed by atoms with E-state index in [1.54, 1.807) is 24.6 Å². The van der Waals surface area contributed by atoms with Crippen molar-refractivity contribution in [1.29, 1.82) is 0 Å². The SMILES string of the molecule is CNc1cccc2ncc(C(=O)Nc3cc(-c4noc(C)n4)ccc3C)n12. The van der Waals surface area contributed by atoms with E-state index in [0.717, 1.165) is 16.9 Å². The number of hydrogen-bond acceptors (Lipinski definition) is 6. The number of rotatable bonds is 4. The largest absolute Gasteiger partial charge is 0.374 e. The molecule has 0 fully saturated rings. The van der Waals surface area contributed by atoms with Crippen LogP contribution in [0.3, 0.4) is 0 Å². The second-order valence-corrected chi connectivity index (χ2v) is 6.12. The van der Waals surface area contributed by atoms with E-state index in [9.17, 15) is 4.79 Å². The summed E-state index contributed by atoms with van der Waals surface area (Å²) in [7, 11) is 1.80. The van der Waals surface area contributed by atoms with Crippen LogP contribution >= 0.6 is 0 Å². The van der Waals surface area contributed by atoms with Crippen molar-refractivity contribution in [2.24, 2.45) is 0 Å². The highest BCUT2D eigenvalue weighted by Crippen LogP contribution is 2.24. The average Bonchev–Trinajstić information content (AvgIpc) is 3.29. The van der Waals surface area contributed by atoms with E-state index in [4.69, 9.17) is 4.52 Å². The Morgan fingerprint density at radius 2 is 2.04 bits per heavy atom. The van der Waals surface area contributed by atoms with Crippen LogP contribution in [-0.4, -0.2) is 32.5 Å². The van der Waals surface area contributed by atoms with E-state index in [-0.39, 0.29) is 5.91 Å². The normalized spacial score (nSPS) is 10.9. The molecule has 3 aromatic heterocycles. The monoisotopic (exact) mass is 362 g/mol. The van der Waals surface area contributed by atoms with E-state index >= 15 is 0 Å². The minimum absolute atomic E-state index is 0.255. The number of imidazole rings is 1. The molecule has 136 valence electrons. The minimum Gasteiger partial charge on any atom is -0.374 e. The molecule has 27 heavy (non-hydrogen) atoms. The van der Waals surface area contributed by atoms with Crippen LogP contribution in [0.15, 0.2) is 47.1 Å². The Morgan fingerprint density at radius 3 is 2.78 bits per heavy atom. The Balaban J connectivity index is 1.69. The molecule has 0 bridgehead atoms. The Hall–Kier alpha value is -3.68. The van der Waals surface area contributed by atoms with Crippen LogP contribution in [0.4, 0.5) is 11.5 Å². The summed E-state index contributed by atoms with van der Waals surface area (Å²) in [4.78, 5) is 21.5. The van der Waals surface area contributed by atoms with Gasteiger partial charge in [-0.25, -0.2) is 4.98 Å². The molecule has 0 saturated carbocycles. The maximum absolute atomic E-state index is 12.9. The molecule has 4 aromatic rings. The number of fused-ring (bicyclic) bond motifs is 1. The van der Waals surface area contributed by atoms with Crippen LogP contribution in [0.25, 0.3) is 17.0 Å². The first-order valence-electron chi connectivity index (χ1n) is 8.43. The Kier molecular flexibility index (Phi) is 4.08. The number of hydrogen-bond donors (Lipinski definition) is 2. The smallest absolute Gasteiger partial charge is 0.274 e. The molecule has 0 radical (unpaired) electrons. The maximum Gasteiger partial charge on any atom is 0.274 e. The summed E-state index contributed by atoms with van der Waals surface area (Å²) in [5.74, 6) is 1.49. The predicted octanol–water partition coefficient (Wildman–Crippen LogP) is 3.30. The summed E-state index contributed by atoms with van der Waals surface area (Å²) in [5, 5.41) is 9.96. The highest BCUT2D eigenvalue weighted by atomic mass is 16.5. The molecule has 1 aromatic carbocycles. The van der Waals surface area contributed by atoms with Crippen molar-refractivity contribution < 1.29 is 9.32 Å². The van der Waals surface area contributed by atoms with Gasteiger partial charge < -0.3 is 15.2 Å². The van der Waals surface area contributed by atoms with E-state index in [1.807, 2.05) is 43.3 Å². The lowest BCUT2D eigenvalue weighted by atomic mass is 10.1. The first kappa shape index (κ1) is 16.8.